The van der Waals surface area contributed by atoms with Gasteiger partial charge in [-0.15, -0.1) is 0 Å². The number of nitrogens with zero attached hydrogens (tertiary/aromatic N) is 1. The molecule has 9 heteroatoms. The Hall–Kier alpha value is -8.04. The number of H-pyrrole nitrogens is 6. The minimum atomic E-state index is -0.396. The lowest BCUT2D eigenvalue weighted by molar-refractivity contribution is -0.384. The Labute approximate surface area is 467 Å². The van der Waals surface area contributed by atoms with E-state index in [1.165, 1.54) is 111 Å². The van der Waals surface area contributed by atoms with E-state index in [4.69, 9.17) is 0 Å². The molecule has 0 atom stereocenters. The number of aromatic amines is 6. The number of fused-ring (bicyclic) bond motifs is 6. The quantitative estimate of drug-likeness (QED) is 0.0721. The summed E-state index contributed by atoms with van der Waals surface area (Å²) in [7, 11) is 0. The van der Waals surface area contributed by atoms with Gasteiger partial charge in [0.2, 0.25) is 0 Å². The van der Waals surface area contributed by atoms with Gasteiger partial charge in [-0.3, -0.25) is 10.1 Å². The minimum Gasteiger partial charge on any atom is -0.361 e. The Morgan fingerprint density at radius 1 is 0.308 bits per heavy atom. The van der Waals surface area contributed by atoms with Gasteiger partial charge in [0.25, 0.3) is 5.69 Å². The van der Waals surface area contributed by atoms with Crippen LogP contribution < -0.4 is 0 Å². The third-order valence-electron chi connectivity index (χ3n) is 11.9. The number of rotatable bonds is 1. The molecule has 12 aromatic rings. The van der Waals surface area contributed by atoms with E-state index < -0.39 is 4.92 Å². The van der Waals surface area contributed by atoms with E-state index in [9.17, 15) is 10.1 Å². The molecule has 0 spiro atoms. The maximum Gasteiger partial charge on any atom is 0.270 e. The molecule has 0 saturated heterocycles. The van der Waals surface area contributed by atoms with Gasteiger partial charge in [0.15, 0.2) is 0 Å². The van der Waals surface area contributed by atoms with Crippen LogP contribution in [0.1, 0.15) is 133 Å². The summed E-state index contributed by atoms with van der Waals surface area (Å²) in [5, 5.41) is 17.8. The third kappa shape index (κ3) is 20.2. The van der Waals surface area contributed by atoms with Gasteiger partial charge in [0.1, 0.15) is 0 Å². The van der Waals surface area contributed by atoms with Crippen LogP contribution in [-0.2, 0) is 0 Å². The first kappa shape index (κ1) is 68.0. The normalized spacial score (nSPS) is 9.45. The average molecular weight is 1050 g/mol. The van der Waals surface area contributed by atoms with Gasteiger partial charge >= 0.3 is 0 Å². The highest BCUT2D eigenvalue weighted by molar-refractivity contribution is 5.86. The van der Waals surface area contributed by atoms with Crippen LogP contribution in [0.5, 0.6) is 0 Å². The van der Waals surface area contributed by atoms with Crippen LogP contribution in [0.3, 0.4) is 0 Å². The smallest absolute Gasteiger partial charge is 0.270 e. The molecule has 0 bridgehead atoms. The highest BCUT2D eigenvalue weighted by Crippen LogP contribution is 2.22. The molecular formula is C69H95N7O2. The Balaban J connectivity index is 0.000000450. The number of nitro benzene ring substituents is 1. The molecule has 0 aliphatic rings. The number of aryl methyl sites for hydroxylation is 9. The molecule has 6 N–H and O–H groups in total. The summed E-state index contributed by atoms with van der Waals surface area (Å²) in [4.78, 5) is 28.9. The lowest BCUT2D eigenvalue weighted by atomic mass is 10.1. The van der Waals surface area contributed by atoms with Gasteiger partial charge in [0, 0.05) is 98.6 Å². The molecule has 0 unspecified atom stereocenters. The van der Waals surface area contributed by atoms with Crippen molar-refractivity contribution in [3.8, 4) is 0 Å². The monoisotopic (exact) mass is 1050 g/mol. The van der Waals surface area contributed by atoms with Gasteiger partial charge in [-0.25, -0.2) is 0 Å². The number of aromatic nitrogens is 6. The van der Waals surface area contributed by atoms with Gasteiger partial charge in [-0.2, -0.15) is 0 Å². The van der Waals surface area contributed by atoms with E-state index in [2.05, 4.69) is 189 Å². The number of nitrogens with one attached hydrogen (secondary N) is 6. The summed E-state index contributed by atoms with van der Waals surface area (Å²) < 4.78 is 0. The van der Waals surface area contributed by atoms with Crippen molar-refractivity contribution in [1.29, 1.82) is 0 Å². The van der Waals surface area contributed by atoms with Gasteiger partial charge < -0.3 is 29.9 Å². The Morgan fingerprint density at radius 3 is 1.33 bits per heavy atom. The molecule has 6 aromatic carbocycles. The molecule has 0 saturated carbocycles. The van der Waals surface area contributed by atoms with Gasteiger partial charge in [0.05, 0.1) is 4.92 Å². The first-order chi connectivity index (χ1) is 37.7. The number of hydrogen-bond donors (Lipinski definition) is 6. The summed E-state index contributed by atoms with van der Waals surface area (Å²) >= 11 is 0. The van der Waals surface area contributed by atoms with Crippen molar-refractivity contribution in [3.63, 3.8) is 0 Å². The molecule has 0 radical (unpaired) electrons. The second-order valence-corrected chi connectivity index (χ2v) is 17.1. The van der Waals surface area contributed by atoms with Crippen molar-refractivity contribution in [2.45, 2.75) is 145 Å². The second kappa shape index (κ2) is 36.9. The Kier molecular flexibility index (Phi) is 32.1. The Morgan fingerprint density at radius 2 is 0.731 bits per heavy atom. The molecule has 78 heavy (non-hydrogen) atoms. The lowest BCUT2D eigenvalue weighted by Crippen LogP contribution is -1.86. The molecular weight excluding hydrogens is 959 g/mol. The maximum absolute atomic E-state index is 10.4. The minimum absolute atomic E-state index is 0.127. The SMILES string of the molecule is CC.CC.CC.CC.CC.CC.Cc1cc(C)c2[nH]ccc2c1.Cc1cc(C)c2cc[nH]c2c1.Cc1cc2cc[nH]c2cc1C.Cc1ccc2[nH]ccc2c1.Cc1ccc2[nH]ccc2c1C.O=[N+]([O-])c1ccc2[nH]ccc2c1. The van der Waals surface area contributed by atoms with Crippen molar-refractivity contribution in [2.24, 2.45) is 0 Å². The second-order valence-electron chi connectivity index (χ2n) is 17.1. The van der Waals surface area contributed by atoms with Crippen LogP contribution in [0.2, 0.25) is 0 Å². The van der Waals surface area contributed by atoms with E-state index in [1.807, 2.05) is 120 Å². The van der Waals surface area contributed by atoms with Crippen molar-refractivity contribution in [3.05, 3.63) is 219 Å². The number of benzene rings is 6. The molecule has 0 amide bonds. The third-order valence-corrected chi connectivity index (χ3v) is 11.9. The van der Waals surface area contributed by atoms with Crippen LogP contribution in [0.4, 0.5) is 5.69 Å². The van der Waals surface area contributed by atoms with Crippen molar-refractivity contribution in [1.82, 2.24) is 29.9 Å². The van der Waals surface area contributed by atoms with E-state index >= 15 is 0 Å². The molecule has 6 aromatic heterocycles. The fourth-order valence-electron chi connectivity index (χ4n) is 8.12. The molecule has 12 rings (SSSR count). The maximum atomic E-state index is 10.4. The summed E-state index contributed by atoms with van der Waals surface area (Å²) in [5.74, 6) is 0. The fourth-order valence-corrected chi connectivity index (χ4v) is 8.12. The zero-order valence-corrected chi connectivity index (χ0v) is 51.3. The predicted molar refractivity (Wildman–Crippen MR) is 347 cm³/mol. The zero-order chi connectivity index (χ0) is 58.9. The van der Waals surface area contributed by atoms with Crippen LogP contribution in [-0.4, -0.2) is 34.8 Å². The highest BCUT2D eigenvalue weighted by atomic mass is 16.6. The van der Waals surface area contributed by atoms with Crippen molar-refractivity contribution >= 4 is 71.1 Å². The first-order valence-corrected chi connectivity index (χ1v) is 28.2. The summed E-state index contributed by atoms with van der Waals surface area (Å²) in [6, 6.07) is 40.9. The molecule has 0 fully saturated rings. The topological polar surface area (TPSA) is 138 Å². The van der Waals surface area contributed by atoms with Crippen molar-refractivity contribution in [2.75, 3.05) is 0 Å². The van der Waals surface area contributed by atoms with E-state index in [-0.39, 0.29) is 5.69 Å². The highest BCUT2D eigenvalue weighted by Gasteiger charge is 2.06. The van der Waals surface area contributed by atoms with Crippen molar-refractivity contribution < 1.29 is 4.92 Å². The standard InChI is InChI=1S/4C10H11N.C9H9N.C8H6N2O2.6C2H6/c1-7-5-9-3-4-11-10(9)6-8(7)2;1-7-5-8(2)9-3-4-11-10(9)6-7;1-7-5-8(2)10-9(6-7)3-4-11-10;1-7-3-4-10-9(8(7)2)5-6-11-10;1-7-2-3-9-8(6-7)4-5-10-9;11-10(12)7-1-2-8-6(5-7)3-4-9-8;6*1-2/h4*3-6,11H,1-2H3;2-6,10H,1H3;1-5,9H;6*1-2H3. The van der Waals surface area contributed by atoms with Crippen LogP contribution >= 0.6 is 0 Å². The van der Waals surface area contributed by atoms with E-state index in [0.717, 1.165) is 10.9 Å². The van der Waals surface area contributed by atoms with Gasteiger partial charge in [-0.1, -0.05) is 118 Å². The summed E-state index contributed by atoms with van der Waals surface area (Å²) in [6.07, 6.45) is 11.6. The van der Waals surface area contributed by atoms with Crippen LogP contribution in [0.15, 0.2) is 159 Å². The predicted octanol–water partition coefficient (Wildman–Crippen LogP) is 21.8. The molecule has 0 aliphatic heterocycles. The van der Waals surface area contributed by atoms with E-state index in [0.29, 0.717) is 0 Å². The Bertz CT molecular complexity index is 3420. The van der Waals surface area contributed by atoms with Crippen LogP contribution in [0.25, 0.3) is 65.4 Å². The molecule has 0 aliphatic carbocycles. The number of nitro groups is 1. The number of non-ortho nitro benzene ring substituents is 1. The van der Waals surface area contributed by atoms with Gasteiger partial charge in [-0.05, 0) is 202 Å². The molecule has 6 heterocycles. The van der Waals surface area contributed by atoms with Crippen LogP contribution in [0, 0.1) is 72.4 Å². The summed E-state index contributed by atoms with van der Waals surface area (Å²) in [6.45, 7) is 43.2. The largest absolute Gasteiger partial charge is 0.361 e. The zero-order valence-electron chi connectivity index (χ0n) is 51.3. The molecule has 9 nitrogen and oxygen atoms in total. The van der Waals surface area contributed by atoms with E-state index in [1.54, 1.807) is 18.3 Å². The first-order valence-electron chi connectivity index (χ1n) is 28.2. The number of hydrogen-bond acceptors (Lipinski definition) is 2. The summed E-state index contributed by atoms with van der Waals surface area (Å²) in [5.41, 5.74) is 19.3. The molecule has 418 valence electrons. The average Bonchev–Trinajstić information content (AvgIpc) is 4.34. The fraction of sp³-hybridized carbons (Fsp3) is 0.304. The lowest BCUT2D eigenvalue weighted by Gasteiger charge is -1.99.